The van der Waals surface area contributed by atoms with Gasteiger partial charge >= 0.3 is 0 Å². The van der Waals surface area contributed by atoms with Crippen molar-refractivity contribution in [3.8, 4) is 0 Å². The Morgan fingerprint density at radius 3 is 2.61 bits per heavy atom. The fraction of sp³-hybridized carbons (Fsp3) is 0.400. The van der Waals surface area contributed by atoms with Gasteiger partial charge in [-0.05, 0) is 48.2 Å². The normalized spacial score (nSPS) is 14.2. The number of amides is 1. The number of sulfonamides is 1. The van der Waals surface area contributed by atoms with E-state index in [1.165, 1.54) is 4.31 Å². The number of aromatic nitrogens is 1. The third kappa shape index (κ3) is 4.21. The van der Waals surface area contributed by atoms with Crippen LogP contribution >= 0.6 is 11.6 Å². The number of hydrogen-bond donors (Lipinski definition) is 0. The quantitative estimate of drug-likeness (QED) is 0.671. The predicted molar refractivity (Wildman–Crippen MR) is 110 cm³/mol. The fourth-order valence-electron chi connectivity index (χ4n) is 3.49. The molecule has 1 aromatic heterocycles. The first kappa shape index (κ1) is 20.8. The minimum absolute atomic E-state index is 0.0376. The van der Waals surface area contributed by atoms with E-state index in [1.54, 1.807) is 41.4 Å². The molecule has 1 aliphatic heterocycles. The van der Waals surface area contributed by atoms with Gasteiger partial charge < -0.3 is 4.90 Å². The zero-order valence-electron chi connectivity index (χ0n) is 16.1. The zero-order chi connectivity index (χ0) is 20.3. The standard InChI is InChI=1S/C20H24ClN3O3S/c1-3-23(4-2)28(26,27)17-8-9-18-16(13-17)6-5-11-24(18)20(25)12-15-7-10-19(21)22-14-15/h7-10,13-14H,3-6,11-12H2,1-2H3. The number of rotatable bonds is 6. The second kappa shape index (κ2) is 8.59. The Bertz CT molecular complexity index is 957. The van der Waals surface area contributed by atoms with E-state index in [2.05, 4.69) is 4.98 Å². The van der Waals surface area contributed by atoms with Crippen molar-refractivity contribution in [1.29, 1.82) is 0 Å². The van der Waals surface area contributed by atoms with Gasteiger partial charge in [0.25, 0.3) is 0 Å². The molecule has 0 N–H and O–H groups in total. The third-order valence-corrected chi connectivity index (χ3v) is 7.23. The highest BCUT2D eigenvalue weighted by atomic mass is 35.5. The number of aryl methyl sites for hydroxylation is 1. The average Bonchev–Trinajstić information content (AvgIpc) is 2.69. The summed E-state index contributed by atoms with van der Waals surface area (Å²) in [5.41, 5.74) is 2.47. The van der Waals surface area contributed by atoms with Crippen LogP contribution in [0.5, 0.6) is 0 Å². The predicted octanol–water partition coefficient (Wildman–Crippen LogP) is 3.29. The van der Waals surface area contributed by atoms with E-state index < -0.39 is 10.0 Å². The number of nitrogens with zero attached hydrogens (tertiary/aromatic N) is 3. The number of hydrogen-bond acceptors (Lipinski definition) is 4. The molecular weight excluding hydrogens is 398 g/mol. The smallest absolute Gasteiger partial charge is 0.243 e. The van der Waals surface area contributed by atoms with Gasteiger partial charge in [0.1, 0.15) is 5.15 Å². The van der Waals surface area contributed by atoms with Gasteiger partial charge in [-0.1, -0.05) is 31.5 Å². The van der Waals surface area contributed by atoms with Crippen LogP contribution in [0.1, 0.15) is 31.4 Å². The first-order valence-electron chi connectivity index (χ1n) is 9.40. The lowest BCUT2D eigenvalue weighted by Crippen LogP contribution is -2.37. The van der Waals surface area contributed by atoms with Crippen molar-refractivity contribution in [3.63, 3.8) is 0 Å². The van der Waals surface area contributed by atoms with E-state index in [0.717, 1.165) is 29.7 Å². The number of fused-ring (bicyclic) bond motifs is 1. The molecule has 3 rings (SSSR count). The number of benzene rings is 1. The molecule has 0 fully saturated rings. The maximum absolute atomic E-state index is 12.8. The van der Waals surface area contributed by atoms with Crippen molar-refractivity contribution >= 4 is 33.2 Å². The van der Waals surface area contributed by atoms with Crippen molar-refractivity contribution in [2.24, 2.45) is 0 Å². The van der Waals surface area contributed by atoms with Crippen molar-refractivity contribution in [1.82, 2.24) is 9.29 Å². The number of anilines is 1. The number of carbonyl (C=O) groups excluding carboxylic acids is 1. The molecule has 150 valence electrons. The van der Waals surface area contributed by atoms with Crippen LogP contribution in [0.3, 0.4) is 0 Å². The lowest BCUT2D eigenvalue weighted by Gasteiger charge is -2.30. The lowest BCUT2D eigenvalue weighted by atomic mass is 10.0. The van der Waals surface area contributed by atoms with Gasteiger partial charge in [0.2, 0.25) is 15.9 Å². The summed E-state index contributed by atoms with van der Waals surface area (Å²) in [7, 11) is -3.52. The Morgan fingerprint density at radius 1 is 1.21 bits per heavy atom. The summed E-state index contributed by atoms with van der Waals surface area (Å²) in [6.07, 6.45) is 3.38. The highest BCUT2D eigenvalue weighted by Gasteiger charge is 2.27. The van der Waals surface area contributed by atoms with Gasteiger partial charge in [0.15, 0.2) is 0 Å². The molecule has 1 aliphatic rings. The van der Waals surface area contributed by atoms with Gasteiger partial charge in [0, 0.05) is 31.5 Å². The van der Waals surface area contributed by atoms with Crippen LogP contribution < -0.4 is 4.90 Å². The molecule has 2 heterocycles. The second-order valence-electron chi connectivity index (χ2n) is 6.69. The summed E-state index contributed by atoms with van der Waals surface area (Å²) in [5.74, 6) is -0.0376. The molecule has 8 heteroatoms. The molecule has 0 atom stereocenters. The van der Waals surface area contributed by atoms with Crippen LogP contribution in [0.15, 0.2) is 41.4 Å². The van der Waals surface area contributed by atoms with Crippen LogP contribution in [-0.2, 0) is 27.7 Å². The zero-order valence-corrected chi connectivity index (χ0v) is 17.6. The Morgan fingerprint density at radius 2 is 1.96 bits per heavy atom. The number of halogens is 1. The van der Waals surface area contributed by atoms with E-state index >= 15 is 0 Å². The molecule has 1 amide bonds. The molecule has 0 saturated carbocycles. The minimum Gasteiger partial charge on any atom is -0.312 e. The summed E-state index contributed by atoms with van der Waals surface area (Å²) >= 11 is 5.80. The summed E-state index contributed by atoms with van der Waals surface area (Å²) in [5, 5.41) is 0.390. The Balaban J connectivity index is 1.86. The third-order valence-electron chi connectivity index (χ3n) is 4.96. The second-order valence-corrected chi connectivity index (χ2v) is 9.02. The van der Waals surface area contributed by atoms with Gasteiger partial charge in [0.05, 0.1) is 11.3 Å². The van der Waals surface area contributed by atoms with Gasteiger partial charge in [-0.3, -0.25) is 4.79 Å². The van der Waals surface area contributed by atoms with Crippen LogP contribution in [0, 0.1) is 0 Å². The molecule has 2 aromatic rings. The first-order chi connectivity index (χ1) is 13.4. The fourth-order valence-corrected chi connectivity index (χ4v) is 5.11. The summed E-state index contributed by atoms with van der Waals surface area (Å²) in [6, 6.07) is 8.52. The topological polar surface area (TPSA) is 70.6 Å². The van der Waals surface area contributed by atoms with Crippen LogP contribution in [-0.4, -0.2) is 43.2 Å². The monoisotopic (exact) mass is 421 g/mol. The van der Waals surface area contributed by atoms with Crippen molar-refractivity contribution in [2.45, 2.75) is 38.0 Å². The molecule has 28 heavy (non-hydrogen) atoms. The highest BCUT2D eigenvalue weighted by molar-refractivity contribution is 7.89. The number of carbonyl (C=O) groups is 1. The minimum atomic E-state index is -3.52. The Hall–Kier alpha value is -1.96. The van der Waals surface area contributed by atoms with E-state index in [4.69, 9.17) is 11.6 Å². The molecule has 1 aromatic carbocycles. The van der Waals surface area contributed by atoms with Crippen molar-refractivity contribution in [2.75, 3.05) is 24.5 Å². The van der Waals surface area contributed by atoms with E-state index in [-0.39, 0.29) is 17.2 Å². The molecule has 0 saturated heterocycles. The van der Waals surface area contributed by atoms with Gasteiger partial charge in [-0.15, -0.1) is 0 Å². The maximum atomic E-state index is 12.8. The molecule has 6 nitrogen and oxygen atoms in total. The first-order valence-corrected chi connectivity index (χ1v) is 11.2. The van der Waals surface area contributed by atoms with Crippen molar-refractivity contribution in [3.05, 3.63) is 52.8 Å². The van der Waals surface area contributed by atoms with Crippen LogP contribution in [0.25, 0.3) is 0 Å². The lowest BCUT2D eigenvalue weighted by molar-refractivity contribution is -0.118. The summed E-state index contributed by atoms with van der Waals surface area (Å²) < 4.78 is 27.0. The van der Waals surface area contributed by atoms with Crippen LogP contribution in [0.2, 0.25) is 5.15 Å². The Labute approximate surface area is 171 Å². The molecule has 0 aliphatic carbocycles. The largest absolute Gasteiger partial charge is 0.312 e. The van der Waals surface area contributed by atoms with E-state index in [0.29, 0.717) is 24.8 Å². The van der Waals surface area contributed by atoms with Crippen molar-refractivity contribution < 1.29 is 13.2 Å². The molecule has 0 radical (unpaired) electrons. The molecule has 0 spiro atoms. The van der Waals surface area contributed by atoms with E-state index in [1.807, 2.05) is 13.8 Å². The maximum Gasteiger partial charge on any atom is 0.243 e. The molecule has 0 bridgehead atoms. The number of pyridine rings is 1. The summed E-state index contributed by atoms with van der Waals surface area (Å²) in [4.78, 5) is 18.9. The molecule has 0 unspecified atom stereocenters. The van der Waals surface area contributed by atoms with Gasteiger partial charge in [-0.25, -0.2) is 13.4 Å². The van der Waals surface area contributed by atoms with Gasteiger partial charge in [-0.2, -0.15) is 4.31 Å². The molecular formula is C20H24ClN3O3S. The van der Waals surface area contributed by atoms with Crippen LogP contribution in [0.4, 0.5) is 5.69 Å². The van der Waals surface area contributed by atoms with E-state index in [9.17, 15) is 13.2 Å². The summed E-state index contributed by atoms with van der Waals surface area (Å²) in [6.45, 7) is 5.12. The Kier molecular flexibility index (Phi) is 6.37. The SMILES string of the molecule is CCN(CC)S(=O)(=O)c1ccc2c(c1)CCCN2C(=O)Cc1ccc(Cl)nc1. The average molecular weight is 422 g/mol. The highest BCUT2D eigenvalue weighted by Crippen LogP contribution is 2.31.